The van der Waals surface area contributed by atoms with Gasteiger partial charge in [0.05, 0.1) is 18.8 Å². The number of nitrogens with zero attached hydrogens (tertiary/aromatic N) is 2. The third-order valence-corrected chi connectivity index (χ3v) is 3.77. The molecule has 0 radical (unpaired) electrons. The van der Waals surface area contributed by atoms with Crippen LogP contribution >= 0.6 is 0 Å². The Morgan fingerprint density at radius 3 is 2.73 bits per heavy atom. The minimum atomic E-state index is 0.110. The lowest BCUT2D eigenvalue weighted by atomic mass is 10.2. The van der Waals surface area contributed by atoms with Crippen molar-refractivity contribution in [2.24, 2.45) is 0 Å². The molecule has 1 heterocycles. The minimum absolute atomic E-state index is 0.110. The van der Waals surface area contributed by atoms with Crippen LogP contribution in [0.5, 0.6) is 5.75 Å². The number of hydrogen-bond donors (Lipinski definition) is 2. The molecule has 0 atom stereocenters. The predicted octanol–water partition coefficient (Wildman–Crippen LogP) is 1.97. The Bertz CT molecular complexity index is 608. The number of rotatable bonds is 8. The molecule has 0 amide bonds. The zero-order chi connectivity index (χ0) is 15.9. The first-order valence-corrected chi connectivity index (χ1v) is 7.66. The summed E-state index contributed by atoms with van der Waals surface area (Å²) in [7, 11) is 0. The van der Waals surface area contributed by atoms with Gasteiger partial charge in [0.2, 0.25) is 0 Å². The first-order valence-electron chi connectivity index (χ1n) is 7.66. The maximum Gasteiger partial charge on any atom is 0.122 e. The van der Waals surface area contributed by atoms with Crippen molar-refractivity contribution < 1.29 is 9.84 Å². The van der Waals surface area contributed by atoms with Gasteiger partial charge in [-0.25, -0.2) is 0 Å². The molecule has 1 aromatic carbocycles. The van der Waals surface area contributed by atoms with Crippen LogP contribution in [0.15, 0.2) is 24.3 Å². The van der Waals surface area contributed by atoms with Crippen molar-refractivity contribution in [1.82, 2.24) is 15.1 Å². The fourth-order valence-corrected chi connectivity index (χ4v) is 2.47. The highest BCUT2D eigenvalue weighted by Crippen LogP contribution is 2.16. The second-order valence-electron chi connectivity index (χ2n) is 5.39. The fraction of sp³-hybridized carbons (Fsp3) is 0.471. The average molecular weight is 303 g/mol. The molecule has 2 rings (SSSR count). The Labute approximate surface area is 131 Å². The second-order valence-corrected chi connectivity index (χ2v) is 5.39. The smallest absolute Gasteiger partial charge is 0.122 e. The lowest BCUT2D eigenvalue weighted by Crippen LogP contribution is -2.21. The Balaban J connectivity index is 1.78. The van der Waals surface area contributed by atoms with Crippen LogP contribution in [0, 0.1) is 20.8 Å². The van der Waals surface area contributed by atoms with Crippen LogP contribution < -0.4 is 10.1 Å². The SMILES string of the molecule is Cc1ccccc1OCCNCc1c(C)nn(CCO)c1C. The number of aliphatic hydroxyl groups excluding tert-OH is 1. The maximum atomic E-state index is 9.03. The van der Waals surface area contributed by atoms with Crippen LogP contribution in [0.1, 0.15) is 22.5 Å². The van der Waals surface area contributed by atoms with E-state index in [2.05, 4.69) is 10.4 Å². The normalized spacial score (nSPS) is 10.9. The molecule has 22 heavy (non-hydrogen) atoms. The van der Waals surface area contributed by atoms with E-state index in [0.29, 0.717) is 13.2 Å². The van der Waals surface area contributed by atoms with Crippen molar-refractivity contribution in [2.75, 3.05) is 19.8 Å². The summed E-state index contributed by atoms with van der Waals surface area (Å²) < 4.78 is 7.62. The van der Waals surface area contributed by atoms with Gasteiger partial charge in [-0.15, -0.1) is 0 Å². The summed E-state index contributed by atoms with van der Waals surface area (Å²) in [6.07, 6.45) is 0. The third kappa shape index (κ3) is 4.08. The van der Waals surface area contributed by atoms with E-state index in [1.54, 1.807) is 0 Å². The van der Waals surface area contributed by atoms with Gasteiger partial charge >= 0.3 is 0 Å². The predicted molar refractivity (Wildman–Crippen MR) is 87.2 cm³/mol. The second kappa shape index (κ2) is 7.96. The molecular weight excluding hydrogens is 278 g/mol. The average Bonchev–Trinajstić information content (AvgIpc) is 2.76. The number of benzene rings is 1. The molecule has 0 saturated heterocycles. The summed E-state index contributed by atoms with van der Waals surface area (Å²) in [6, 6.07) is 8.03. The topological polar surface area (TPSA) is 59.3 Å². The number of aliphatic hydroxyl groups is 1. The van der Waals surface area contributed by atoms with Crippen LogP contribution in [0.3, 0.4) is 0 Å². The molecule has 0 saturated carbocycles. The first-order chi connectivity index (χ1) is 10.6. The van der Waals surface area contributed by atoms with Gasteiger partial charge in [0.25, 0.3) is 0 Å². The number of para-hydroxylation sites is 1. The number of ether oxygens (including phenoxy) is 1. The van der Waals surface area contributed by atoms with Gasteiger partial charge in [0.1, 0.15) is 12.4 Å². The highest BCUT2D eigenvalue weighted by atomic mass is 16.5. The Morgan fingerprint density at radius 2 is 2.00 bits per heavy atom. The molecule has 0 aliphatic rings. The highest BCUT2D eigenvalue weighted by Gasteiger charge is 2.10. The molecule has 5 nitrogen and oxygen atoms in total. The van der Waals surface area contributed by atoms with Crippen LogP contribution in [-0.2, 0) is 13.1 Å². The monoisotopic (exact) mass is 303 g/mol. The molecule has 0 aliphatic carbocycles. The summed E-state index contributed by atoms with van der Waals surface area (Å²) in [4.78, 5) is 0. The zero-order valence-electron chi connectivity index (χ0n) is 13.6. The van der Waals surface area contributed by atoms with Gasteiger partial charge in [0, 0.05) is 24.3 Å². The van der Waals surface area contributed by atoms with Crippen LogP contribution in [-0.4, -0.2) is 34.6 Å². The van der Waals surface area contributed by atoms with Crippen molar-refractivity contribution in [1.29, 1.82) is 0 Å². The van der Waals surface area contributed by atoms with Gasteiger partial charge in [-0.3, -0.25) is 4.68 Å². The fourth-order valence-electron chi connectivity index (χ4n) is 2.47. The quantitative estimate of drug-likeness (QED) is 0.732. The van der Waals surface area contributed by atoms with Crippen LogP contribution in [0.4, 0.5) is 0 Å². The van der Waals surface area contributed by atoms with E-state index in [0.717, 1.165) is 35.8 Å². The minimum Gasteiger partial charge on any atom is -0.492 e. The van der Waals surface area contributed by atoms with E-state index in [4.69, 9.17) is 9.84 Å². The van der Waals surface area contributed by atoms with Gasteiger partial charge in [-0.1, -0.05) is 18.2 Å². The van der Waals surface area contributed by atoms with Gasteiger partial charge in [-0.2, -0.15) is 5.10 Å². The molecule has 0 bridgehead atoms. The largest absolute Gasteiger partial charge is 0.492 e. The zero-order valence-corrected chi connectivity index (χ0v) is 13.6. The van der Waals surface area contributed by atoms with E-state index in [1.165, 1.54) is 5.56 Å². The third-order valence-electron chi connectivity index (χ3n) is 3.77. The number of hydrogen-bond acceptors (Lipinski definition) is 4. The van der Waals surface area contributed by atoms with E-state index >= 15 is 0 Å². The molecule has 0 spiro atoms. The molecule has 120 valence electrons. The number of nitrogens with one attached hydrogen (secondary N) is 1. The Kier molecular flexibility index (Phi) is 5.98. The van der Waals surface area contributed by atoms with E-state index in [1.807, 2.05) is 49.7 Å². The molecule has 0 aliphatic heterocycles. The molecule has 0 unspecified atom stereocenters. The summed E-state index contributed by atoms with van der Waals surface area (Å²) in [5.74, 6) is 0.937. The van der Waals surface area contributed by atoms with Crippen molar-refractivity contribution in [3.63, 3.8) is 0 Å². The summed E-state index contributed by atoms with van der Waals surface area (Å²) >= 11 is 0. The maximum absolute atomic E-state index is 9.03. The first kappa shape index (κ1) is 16.5. The molecule has 2 aromatic rings. The van der Waals surface area contributed by atoms with Crippen molar-refractivity contribution in [2.45, 2.75) is 33.9 Å². The van der Waals surface area contributed by atoms with Crippen molar-refractivity contribution in [3.05, 3.63) is 46.8 Å². The molecule has 1 aromatic heterocycles. The van der Waals surface area contributed by atoms with Gasteiger partial charge in [-0.05, 0) is 32.4 Å². The van der Waals surface area contributed by atoms with Crippen LogP contribution in [0.2, 0.25) is 0 Å². The summed E-state index contributed by atoms with van der Waals surface area (Å²) in [5.41, 5.74) is 4.47. The summed E-state index contributed by atoms with van der Waals surface area (Å²) in [6.45, 7) is 8.91. The molecular formula is C17H25N3O2. The summed E-state index contributed by atoms with van der Waals surface area (Å²) in [5, 5.41) is 16.9. The van der Waals surface area contributed by atoms with Gasteiger partial charge < -0.3 is 15.2 Å². The Morgan fingerprint density at radius 1 is 1.23 bits per heavy atom. The highest BCUT2D eigenvalue weighted by molar-refractivity contribution is 5.31. The molecule has 2 N–H and O–H groups in total. The lowest BCUT2D eigenvalue weighted by Gasteiger charge is -2.10. The van der Waals surface area contributed by atoms with Crippen molar-refractivity contribution in [3.8, 4) is 5.75 Å². The lowest BCUT2D eigenvalue weighted by molar-refractivity contribution is 0.267. The van der Waals surface area contributed by atoms with E-state index < -0.39 is 0 Å². The molecule has 0 fully saturated rings. The van der Waals surface area contributed by atoms with Gasteiger partial charge in [0.15, 0.2) is 0 Å². The Hall–Kier alpha value is -1.85. The number of aromatic nitrogens is 2. The van der Waals surface area contributed by atoms with E-state index in [-0.39, 0.29) is 6.61 Å². The standard InChI is InChI=1S/C17H25N3O2/c1-13-6-4-5-7-17(13)22-11-8-18-12-16-14(2)19-20(9-10-21)15(16)3/h4-7,18,21H,8-12H2,1-3H3. The van der Waals surface area contributed by atoms with E-state index in [9.17, 15) is 0 Å². The van der Waals surface area contributed by atoms with Crippen molar-refractivity contribution >= 4 is 0 Å². The number of aryl methyl sites for hydroxylation is 2. The molecule has 5 heteroatoms. The van der Waals surface area contributed by atoms with Crippen LogP contribution in [0.25, 0.3) is 0 Å².